The van der Waals surface area contributed by atoms with Crippen LogP contribution in [0.25, 0.3) is 6.08 Å². The Hall–Kier alpha value is -2.14. The number of hydrogen-bond acceptors (Lipinski definition) is 3. The molecular formula is C20H29N3O2. The summed E-state index contributed by atoms with van der Waals surface area (Å²) in [7, 11) is 2.04. The summed E-state index contributed by atoms with van der Waals surface area (Å²) < 4.78 is 0. The lowest BCUT2D eigenvalue weighted by Crippen LogP contribution is -2.43. The standard InChI is InChI=1S/C20H29N3O2/c1-3-22(2)16-13-21-20(25)18-11-14-23(15-12-18)19(24)10-9-17-7-5-4-6-8-17/h4-10,18H,3,11-16H2,1-2H3,(H,21,25)/b10-9-. The predicted molar refractivity (Wildman–Crippen MR) is 101 cm³/mol. The van der Waals surface area contributed by atoms with Gasteiger partial charge in [0.05, 0.1) is 0 Å². The number of likely N-dealkylation sites (N-methyl/N-ethyl adjacent to an activating group) is 1. The lowest BCUT2D eigenvalue weighted by Gasteiger charge is -2.30. The second-order valence-electron chi connectivity index (χ2n) is 6.53. The van der Waals surface area contributed by atoms with Gasteiger partial charge in [-0.25, -0.2) is 0 Å². The molecule has 0 bridgehead atoms. The summed E-state index contributed by atoms with van der Waals surface area (Å²) in [6.45, 7) is 5.91. The van der Waals surface area contributed by atoms with Crippen molar-refractivity contribution in [2.75, 3.05) is 39.8 Å². The number of hydrogen-bond donors (Lipinski definition) is 1. The molecule has 1 aliphatic heterocycles. The third-order valence-electron chi connectivity index (χ3n) is 4.73. The van der Waals surface area contributed by atoms with Crippen molar-refractivity contribution < 1.29 is 9.59 Å². The number of piperidine rings is 1. The first-order valence-corrected chi connectivity index (χ1v) is 9.08. The van der Waals surface area contributed by atoms with Crippen LogP contribution < -0.4 is 5.32 Å². The zero-order chi connectivity index (χ0) is 18.1. The number of carbonyl (C=O) groups excluding carboxylic acids is 2. The van der Waals surface area contributed by atoms with Gasteiger partial charge in [0.25, 0.3) is 0 Å². The maximum absolute atomic E-state index is 12.3. The van der Waals surface area contributed by atoms with Gasteiger partial charge in [0.1, 0.15) is 0 Å². The zero-order valence-electron chi connectivity index (χ0n) is 15.3. The van der Waals surface area contributed by atoms with E-state index >= 15 is 0 Å². The van der Waals surface area contributed by atoms with Crippen LogP contribution >= 0.6 is 0 Å². The monoisotopic (exact) mass is 343 g/mol. The highest BCUT2D eigenvalue weighted by Gasteiger charge is 2.26. The van der Waals surface area contributed by atoms with Crippen LogP contribution in [0, 0.1) is 5.92 Å². The van der Waals surface area contributed by atoms with Gasteiger partial charge in [0, 0.05) is 38.2 Å². The molecule has 5 nitrogen and oxygen atoms in total. The Balaban J connectivity index is 1.72. The molecule has 0 radical (unpaired) electrons. The second kappa shape index (κ2) is 9.99. The highest BCUT2D eigenvalue weighted by molar-refractivity contribution is 5.92. The van der Waals surface area contributed by atoms with Crippen molar-refractivity contribution >= 4 is 17.9 Å². The molecule has 0 spiro atoms. The Bertz CT molecular complexity index is 578. The van der Waals surface area contributed by atoms with Crippen LogP contribution in [0.1, 0.15) is 25.3 Å². The third kappa shape index (κ3) is 6.35. The molecule has 1 N–H and O–H groups in total. The van der Waals surface area contributed by atoms with E-state index in [1.165, 1.54) is 0 Å². The molecule has 5 heteroatoms. The van der Waals surface area contributed by atoms with E-state index in [1.54, 1.807) is 6.08 Å². The fourth-order valence-electron chi connectivity index (χ4n) is 2.87. The average molecular weight is 343 g/mol. The average Bonchev–Trinajstić information content (AvgIpc) is 2.66. The molecule has 1 fully saturated rings. The lowest BCUT2D eigenvalue weighted by molar-refractivity contribution is -0.132. The third-order valence-corrected chi connectivity index (χ3v) is 4.73. The van der Waals surface area contributed by atoms with Crippen LogP contribution in [0.3, 0.4) is 0 Å². The molecule has 2 amide bonds. The van der Waals surface area contributed by atoms with Gasteiger partial charge in [0.15, 0.2) is 0 Å². The van der Waals surface area contributed by atoms with Crippen LogP contribution in [-0.2, 0) is 9.59 Å². The maximum atomic E-state index is 12.3. The minimum atomic E-state index is 0.0206. The van der Waals surface area contributed by atoms with E-state index in [4.69, 9.17) is 0 Å². The number of amides is 2. The molecule has 136 valence electrons. The number of nitrogens with one attached hydrogen (secondary N) is 1. The van der Waals surface area contributed by atoms with Gasteiger partial charge < -0.3 is 15.1 Å². The predicted octanol–water partition coefficient (Wildman–Crippen LogP) is 2.01. The first kappa shape index (κ1) is 19.2. The Labute approximate surface area is 150 Å². The van der Waals surface area contributed by atoms with Crippen LogP contribution in [0.15, 0.2) is 36.4 Å². The summed E-state index contributed by atoms with van der Waals surface area (Å²) in [4.78, 5) is 28.5. The summed E-state index contributed by atoms with van der Waals surface area (Å²) in [6, 6.07) is 9.79. The van der Waals surface area contributed by atoms with Crippen LogP contribution in [0.2, 0.25) is 0 Å². The minimum absolute atomic E-state index is 0.0206. The molecule has 1 heterocycles. The fraction of sp³-hybridized carbons (Fsp3) is 0.500. The Morgan fingerprint density at radius 2 is 1.92 bits per heavy atom. The van der Waals surface area contributed by atoms with E-state index in [9.17, 15) is 9.59 Å². The second-order valence-corrected chi connectivity index (χ2v) is 6.53. The largest absolute Gasteiger partial charge is 0.355 e. The first-order valence-electron chi connectivity index (χ1n) is 9.08. The van der Waals surface area contributed by atoms with Crippen molar-refractivity contribution in [2.24, 2.45) is 5.92 Å². The number of rotatable bonds is 7. The first-order chi connectivity index (χ1) is 12.1. The van der Waals surface area contributed by atoms with E-state index in [2.05, 4.69) is 17.1 Å². The Morgan fingerprint density at radius 1 is 1.24 bits per heavy atom. The number of likely N-dealkylation sites (tertiary alicyclic amines) is 1. The minimum Gasteiger partial charge on any atom is -0.355 e. The zero-order valence-corrected chi connectivity index (χ0v) is 15.3. The van der Waals surface area contributed by atoms with Gasteiger partial charge in [-0.15, -0.1) is 0 Å². The molecule has 0 unspecified atom stereocenters. The van der Waals surface area contributed by atoms with Crippen molar-refractivity contribution in [3.8, 4) is 0 Å². The van der Waals surface area contributed by atoms with Crippen molar-refractivity contribution in [1.82, 2.24) is 15.1 Å². The van der Waals surface area contributed by atoms with Crippen molar-refractivity contribution in [3.63, 3.8) is 0 Å². The van der Waals surface area contributed by atoms with E-state index in [-0.39, 0.29) is 17.7 Å². The summed E-state index contributed by atoms with van der Waals surface area (Å²) in [5, 5.41) is 3.01. The molecule has 1 aromatic carbocycles. The van der Waals surface area contributed by atoms with Crippen molar-refractivity contribution in [1.29, 1.82) is 0 Å². The highest BCUT2D eigenvalue weighted by Crippen LogP contribution is 2.17. The summed E-state index contributed by atoms with van der Waals surface area (Å²) in [6.07, 6.45) is 4.93. The molecular weight excluding hydrogens is 314 g/mol. The summed E-state index contributed by atoms with van der Waals surface area (Å²) in [5.74, 6) is 0.165. The molecule has 25 heavy (non-hydrogen) atoms. The number of carbonyl (C=O) groups is 2. The van der Waals surface area contributed by atoms with Crippen LogP contribution in [0.4, 0.5) is 0 Å². The molecule has 1 aromatic rings. The van der Waals surface area contributed by atoms with Crippen LogP contribution in [0.5, 0.6) is 0 Å². The maximum Gasteiger partial charge on any atom is 0.246 e. The number of nitrogens with zero attached hydrogens (tertiary/aromatic N) is 2. The molecule has 2 rings (SSSR count). The van der Waals surface area contributed by atoms with Crippen LogP contribution in [-0.4, -0.2) is 61.4 Å². The van der Waals surface area contributed by atoms with Gasteiger partial charge in [-0.3, -0.25) is 9.59 Å². The van der Waals surface area contributed by atoms with Gasteiger partial charge in [-0.05, 0) is 38.1 Å². The summed E-state index contributed by atoms with van der Waals surface area (Å²) >= 11 is 0. The molecule has 0 aliphatic carbocycles. The normalized spacial score (nSPS) is 15.7. The smallest absolute Gasteiger partial charge is 0.246 e. The molecule has 0 aromatic heterocycles. The van der Waals surface area contributed by atoms with E-state index in [1.807, 2.05) is 48.4 Å². The van der Waals surface area contributed by atoms with Gasteiger partial charge in [-0.1, -0.05) is 37.3 Å². The molecule has 1 aliphatic rings. The molecule has 0 atom stereocenters. The number of benzene rings is 1. The van der Waals surface area contributed by atoms with E-state index < -0.39 is 0 Å². The van der Waals surface area contributed by atoms with Gasteiger partial charge in [-0.2, -0.15) is 0 Å². The Kier molecular flexibility index (Phi) is 7.67. The fourth-order valence-corrected chi connectivity index (χ4v) is 2.87. The SMILES string of the molecule is CCN(C)CCNC(=O)C1CCN(C(=O)/C=C\c2ccccc2)CC1. The lowest BCUT2D eigenvalue weighted by atomic mass is 9.96. The summed E-state index contributed by atoms with van der Waals surface area (Å²) in [5.41, 5.74) is 1.02. The van der Waals surface area contributed by atoms with Gasteiger partial charge in [0.2, 0.25) is 11.8 Å². The van der Waals surface area contributed by atoms with Gasteiger partial charge >= 0.3 is 0 Å². The quantitative estimate of drug-likeness (QED) is 0.771. The van der Waals surface area contributed by atoms with Crippen molar-refractivity contribution in [2.45, 2.75) is 19.8 Å². The van der Waals surface area contributed by atoms with E-state index in [0.717, 1.165) is 31.5 Å². The van der Waals surface area contributed by atoms with Crippen molar-refractivity contribution in [3.05, 3.63) is 42.0 Å². The van der Waals surface area contributed by atoms with E-state index in [0.29, 0.717) is 19.6 Å². The highest BCUT2D eigenvalue weighted by atomic mass is 16.2. The molecule has 1 saturated heterocycles. The topological polar surface area (TPSA) is 52.7 Å². The Morgan fingerprint density at radius 3 is 2.56 bits per heavy atom. The molecule has 0 saturated carbocycles.